The lowest BCUT2D eigenvalue weighted by molar-refractivity contribution is -0.119. The highest BCUT2D eigenvalue weighted by Crippen LogP contribution is 2.26. The minimum atomic E-state index is -3.40. The van der Waals surface area contributed by atoms with Crippen LogP contribution >= 0.6 is 0 Å². The summed E-state index contributed by atoms with van der Waals surface area (Å²) in [5.74, 6) is 1.53. The Morgan fingerprint density at radius 2 is 2.00 bits per heavy atom. The molecule has 8 nitrogen and oxygen atoms in total. The molecule has 150 valence electrons. The number of aromatic nitrogens is 3. The smallest absolute Gasteiger partial charge is 0.242 e. The van der Waals surface area contributed by atoms with E-state index in [0.717, 1.165) is 49.3 Å². The molecule has 2 aliphatic rings. The third kappa shape index (κ3) is 3.81. The number of anilines is 1. The van der Waals surface area contributed by atoms with Crippen molar-refractivity contribution in [1.29, 1.82) is 0 Å². The number of sulfonamides is 1. The highest BCUT2D eigenvalue weighted by molar-refractivity contribution is 7.88. The van der Waals surface area contributed by atoms with E-state index < -0.39 is 16.1 Å². The number of carbonyl (C=O) groups excluding carboxylic acids is 1. The molecule has 1 saturated heterocycles. The summed E-state index contributed by atoms with van der Waals surface area (Å²) in [7, 11) is -3.40. The molecule has 1 atom stereocenters. The Balaban J connectivity index is 1.55. The molecule has 0 bridgehead atoms. The van der Waals surface area contributed by atoms with Gasteiger partial charge in [-0.3, -0.25) is 4.79 Å². The Morgan fingerprint density at radius 1 is 1.14 bits per heavy atom. The number of aryl methyl sites for hydroxylation is 1. The van der Waals surface area contributed by atoms with E-state index in [2.05, 4.69) is 20.1 Å². The SMILES string of the molecule is CS(=O)(=O)N1CCCC1C(=O)Nc1cccc(-c2nnc3n2CCCCC3)c1. The summed E-state index contributed by atoms with van der Waals surface area (Å²) in [5.41, 5.74) is 1.53. The second-order valence-corrected chi connectivity index (χ2v) is 9.44. The van der Waals surface area contributed by atoms with Crippen LogP contribution in [0.25, 0.3) is 11.4 Å². The van der Waals surface area contributed by atoms with E-state index in [4.69, 9.17) is 0 Å². The van der Waals surface area contributed by atoms with Gasteiger partial charge in [0.05, 0.1) is 6.26 Å². The summed E-state index contributed by atoms with van der Waals surface area (Å²) in [4.78, 5) is 12.7. The fraction of sp³-hybridized carbons (Fsp3) is 0.526. The number of nitrogens with zero attached hydrogens (tertiary/aromatic N) is 4. The molecule has 28 heavy (non-hydrogen) atoms. The number of fused-ring (bicyclic) bond motifs is 1. The standard InChI is InChI=1S/C19H25N5O3S/c1-28(26,27)24-12-6-9-16(24)19(25)20-15-8-5-7-14(13-15)18-22-21-17-10-3-2-4-11-23(17)18/h5,7-8,13,16H,2-4,6,9-12H2,1H3,(H,20,25). The van der Waals surface area contributed by atoms with Crippen molar-refractivity contribution in [2.24, 2.45) is 0 Å². The molecule has 2 aliphatic heterocycles. The summed E-state index contributed by atoms with van der Waals surface area (Å²) in [6.07, 6.45) is 6.75. The summed E-state index contributed by atoms with van der Waals surface area (Å²) >= 11 is 0. The Labute approximate surface area is 165 Å². The van der Waals surface area contributed by atoms with Crippen molar-refractivity contribution in [3.63, 3.8) is 0 Å². The molecule has 0 saturated carbocycles. The normalized spacial score (nSPS) is 20.5. The van der Waals surface area contributed by atoms with Crippen LogP contribution in [-0.2, 0) is 27.8 Å². The van der Waals surface area contributed by atoms with Gasteiger partial charge in [-0.05, 0) is 37.8 Å². The average Bonchev–Trinajstić information content (AvgIpc) is 3.24. The minimum Gasteiger partial charge on any atom is -0.325 e. The molecule has 1 fully saturated rings. The van der Waals surface area contributed by atoms with Gasteiger partial charge in [-0.2, -0.15) is 4.31 Å². The first-order chi connectivity index (χ1) is 13.4. The zero-order valence-corrected chi connectivity index (χ0v) is 16.8. The Kier molecular flexibility index (Phi) is 5.20. The fourth-order valence-corrected chi connectivity index (χ4v) is 5.18. The average molecular weight is 404 g/mol. The first-order valence-electron chi connectivity index (χ1n) is 9.74. The zero-order valence-electron chi connectivity index (χ0n) is 16.0. The number of benzene rings is 1. The number of hydrogen-bond donors (Lipinski definition) is 1. The first kappa shape index (κ1) is 19.1. The van der Waals surface area contributed by atoms with Crippen molar-refractivity contribution in [3.05, 3.63) is 30.1 Å². The predicted octanol–water partition coefficient (Wildman–Crippen LogP) is 2.03. The van der Waals surface area contributed by atoms with Crippen molar-refractivity contribution in [2.75, 3.05) is 18.1 Å². The van der Waals surface area contributed by atoms with Gasteiger partial charge in [-0.15, -0.1) is 10.2 Å². The van der Waals surface area contributed by atoms with Gasteiger partial charge in [0.15, 0.2) is 5.82 Å². The Hall–Kier alpha value is -2.26. The van der Waals surface area contributed by atoms with E-state index >= 15 is 0 Å². The lowest BCUT2D eigenvalue weighted by Gasteiger charge is -2.21. The molecule has 3 heterocycles. The lowest BCUT2D eigenvalue weighted by atomic mass is 10.1. The van der Waals surface area contributed by atoms with Crippen LogP contribution in [-0.4, -0.2) is 52.2 Å². The van der Waals surface area contributed by atoms with Crippen LogP contribution in [0.1, 0.15) is 37.9 Å². The molecule has 9 heteroatoms. The van der Waals surface area contributed by atoms with Gasteiger partial charge >= 0.3 is 0 Å². The molecule has 1 aromatic heterocycles. The third-order valence-electron chi connectivity index (χ3n) is 5.43. The second kappa shape index (κ2) is 7.63. The molecule has 1 N–H and O–H groups in total. The molecule has 1 amide bonds. The van der Waals surface area contributed by atoms with Crippen LogP contribution < -0.4 is 5.32 Å². The van der Waals surface area contributed by atoms with Crippen molar-refractivity contribution in [3.8, 4) is 11.4 Å². The van der Waals surface area contributed by atoms with Crippen molar-refractivity contribution < 1.29 is 13.2 Å². The highest BCUT2D eigenvalue weighted by Gasteiger charge is 2.36. The molecule has 0 aliphatic carbocycles. The zero-order chi connectivity index (χ0) is 19.7. The van der Waals surface area contributed by atoms with E-state index in [1.54, 1.807) is 6.07 Å². The van der Waals surface area contributed by atoms with Gasteiger partial charge in [0.1, 0.15) is 11.9 Å². The summed E-state index contributed by atoms with van der Waals surface area (Å²) in [6, 6.07) is 6.85. The van der Waals surface area contributed by atoms with Crippen LogP contribution in [0.15, 0.2) is 24.3 Å². The van der Waals surface area contributed by atoms with E-state index in [0.29, 0.717) is 25.1 Å². The molecule has 0 radical (unpaired) electrons. The lowest BCUT2D eigenvalue weighted by Crippen LogP contribution is -2.42. The fourth-order valence-electron chi connectivity index (χ4n) is 4.06. The van der Waals surface area contributed by atoms with Crippen molar-refractivity contribution in [1.82, 2.24) is 19.1 Å². The monoisotopic (exact) mass is 403 g/mol. The maximum atomic E-state index is 12.7. The molecule has 1 unspecified atom stereocenters. The van der Waals surface area contributed by atoms with E-state index in [9.17, 15) is 13.2 Å². The number of amides is 1. The van der Waals surface area contributed by atoms with Gasteiger partial charge in [-0.25, -0.2) is 8.42 Å². The van der Waals surface area contributed by atoms with Gasteiger partial charge in [0, 0.05) is 30.8 Å². The molecule has 1 aromatic carbocycles. The van der Waals surface area contributed by atoms with Crippen LogP contribution in [0.5, 0.6) is 0 Å². The van der Waals surface area contributed by atoms with Gasteiger partial charge in [0.25, 0.3) is 0 Å². The van der Waals surface area contributed by atoms with Gasteiger partial charge in [0.2, 0.25) is 15.9 Å². The quantitative estimate of drug-likeness (QED) is 0.842. The van der Waals surface area contributed by atoms with Crippen LogP contribution in [0.2, 0.25) is 0 Å². The minimum absolute atomic E-state index is 0.292. The molecule has 0 spiro atoms. The van der Waals surface area contributed by atoms with E-state index in [-0.39, 0.29) is 5.91 Å². The predicted molar refractivity (Wildman–Crippen MR) is 106 cm³/mol. The number of hydrogen-bond acceptors (Lipinski definition) is 5. The third-order valence-corrected chi connectivity index (χ3v) is 6.72. The summed E-state index contributed by atoms with van der Waals surface area (Å²) < 4.78 is 27.3. The largest absolute Gasteiger partial charge is 0.325 e. The number of carbonyl (C=O) groups is 1. The van der Waals surface area contributed by atoms with E-state index in [1.165, 1.54) is 10.7 Å². The van der Waals surface area contributed by atoms with Crippen LogP contribution in [0, 0.1) is 0 Å². The van der Waals surface area contributed by atoms with Crippen LogP contribution in [0.4, 0.5) is 5.69 Å². The molecule has 2 aromatic rings. The summed E-state index contributed by atoms with van der Waals surface area (Å²) in [6.45, 7) is 1.29. The topological polar surface area (TPSA) is 97.2 Å². The highest BCUT2D eigenvalue weighted by atomic mass is 32.2. The van der Waals surface area contributed by atoms with Crippen molar-refractivity contribution in [2.45, 2.75) is 51.1 Å². The van der Waals surface area contributed by atoms with Gasteiger partial charge < -0.3 is 9.88 Å². The Bertz CT molecular complexity index is 985. The Morgan fingerprint density at radius 3 is 2.82 bits per heavy atom. The maximum absolute atomic E-state index is 12.7. The number of nitrogens with one attached hydrogen (secondary N) is 1. The molecule has 4 rings (SSSR count). The molecular weight excluding hydrogens is 378 g/mol. The van der Waals surface area contributed by atoms with E-state index in [1.807, 2.05) is 18.2 Å². The number of rotatable bonds is 4. The first-order valence-corrected chi connectivity index (χ1v) is 11.6. The summed E-state index contributed by atoms with van der Waals surface area (Å²) in [5, 5.41) is 11.6. The molecular formula is C19H25N5O3S. The maximum Gasteiger partial charge on any atom is 0.242 e. The van der Waals surface area contributed by atoms with Crippen molar-refractivity contribution >= 4 is 21.6 Å². The van der Waals surface area contributed by atoms with Crippen LogP contribution in [0.3, 0.4) is 0 Å². The van der Waals surface area contributed by atoms with Gasteiger partial charge in [-0.1, -0.05) is 18.6 Å². The second-order valence-electron chi connectivity index (χ2n) is 7.50.